The largest absolute Gasteiger partial charge is 0.495 e. The van der Waals surface area contributed by atoms with Gasteiger partial charge in [0.15, 0.2) is 11.5 Å². The van der Waals surface area contributed by atoms with Crippen LogP contribution in [-0.4, -0.2) is 23.9 Å². The van der Waals surface area contributed by atoms with Crippen molar-refractivity contribution >= 4 is 23.0 Å². The van der Waals surface area contributed by atoms with Crippen LogP contribution < -0.4 is 24.8 Å². The average molecular weight is 350 g/mol. The van der Waals surface area contributed by atoms with Crippen LogP contribution in [0, 0.1) is 6.92 Å². The summed E-state index contributed by atoms with van der Waals surface area (Å²) in [7, 11) is 1.64. The second-order valence-corrected chi connectivity index (χ2v) is 5.81. The lowest BCUT2D eigenvalue weighted by atomic mass is 10.2. The van der Waals surface area contributed by atoms with Gasteiger partial charge >= 0.3 is 0 Å². The average Bonchev–Trinajstić information content (AvgIpc) is 3.10. The van der Waals surface area contributed by atoms with Gasteiger partial charge in [0.1, 0.15) is 23.7 Å². The van der Waals surface area contributed by atoms with Crippen molar-refractivity contribution in [1.29, 1.82) is 0 Å². The Labute approximate surface area is 151 Å². The molecule has 0 amide bonds. The van der Waals surface area contributed by atoms with E-state index in [4.69, 9.17) is 14.2 Å². The molecule has 132 valence electrons. The van der Waals surface area contributed by atoms with Gasteiger partial charge in [0.25, 0.3) is 0 Å². The van der Waals surface area contributed by atoms with Crippen molar-refractivity contribution in [3.8, 4) is 17.2 Å². The normalized spacial score (nSPS) is 11.9. The number of ether oxygens (including phenoxy) is 3. The van der Waals surface area contributed by atoms with Gasteiger partial charge in [-0.05, 0) is 36.8 Å². The molecule has 1 aliphatic heterocycles. The minimum absolute atomic E-state index is 0.249. The standard InChI is InChI=1S/C19H18N4O3/c1-12-3-5-15(24-2)14(7-12)23-19-9-18(20-10-21-19)22-13-4-6-16-17(8-13)26-11-25-16/h3-10H,11H2,1-2H3,(H2,20,21,22,23). The summed E-state index contributed by atoms with van der Waals surface area (Å²) in [5, 5.41) is 6.51. The maximum Gasteiger partial charge on any atom is 0.231 e. The molecule has 1 aliphatic rings. The maximum atomic E-state index is 5.40. The highest BCUT2D eigenvalue weighted by molar-refractivity contribution is 5.68. The molecule has 7 heteroatoms. The Balaban J connectivity index is 1.54. The van der Waals surface area contributed by atoms with Crippen molar-refractivity contribution in [3.05, 3.63) is 54.4 Å². The van der Waals surface area contributed by atoms with Crippen molar-refractivity contribution in [3.63, 3.8) is 0 Å². The van der Waals surface area contributed by atoms with E-state index in [2.05, 4.69) is 20.6 Å². The Kier molecular flexibility index (Phi) is 4.18. The van der Waals surface area contributed by atoms with Crippen molar-refractivity contribution in [2.24, 2.45) is 0 Å². The first-order valence-corrected chi connectivity index (χ1v) is 8.12. The molecular formula is C19H18N4O3. The van der Waals surface area contributed by atoms with E-state index in [0.717, 1.165) is 28.4 Å². The highest BCUT2D eigenvalue weighted by atomic mass is 16.7. The van der Waals surface area contributed by atoms with Crippen LogP contribution in [0.15, 0.2) is 48.8 Å². The van der Waals surface area contributed by atoms with E-state index in [1.54, 1.807) is 7.11 Å². The number of aryl methyl sites for hydroxylation is 1. The predicted molar refractivity (Wildman–Crippen MR) is 98.9 cm³/mol. The smallest absolute Gasteiger partial charge is 0.231 e. The highest BCUT2D eigenvalue weighted by Crippen LogP contribution is 2.35. The molecule has 7 nitrogen and oxygen atoms in total. The molecule has 0 bridgehead atoms. The zero-order valence-electron chi connectivity index (χ0n) is 14.4. The second-order valence-electron chi connectivity index (χ2n) is 5.81. The monoisotopic (exact) mass is 350 g/mol. The summed E-state index contributed by atoms with van der Waals surface area (Å²) in [5.74, 6) is 3.53. The fourth-order valence-corrected chi connectivity index (χ4v) is 2.67. The van der Waals surface area contributed by atoms with Gasteiger partial charge in [-0.3, -0.25) is 0 Å². The topological polar surface area (TPSA) is 77.5 Å². The van der Waals surface area contributed by atoms with Crippen LogP contribution >= 0.6 is 0 Å². The van der Waals surface area contributed by atoms with E-state index in [-0.39, 0.29) is 6.79 Å². The first kappa shape index (κ1) is 16.0. The molecule has 0 saturated carbocycles. The Bertz CT molecular complexity index is 946. The fraction of sp³-hybridized carbons (Fsp3) is 0.158. The fourth-order valence-electron chi connectivity index (χ4n) is 2.67. The van der Waals surface area contributed by atoms with Gasteiger partial charge in [0, 0.05) is 17.8 Å². The Morgan fingerprint density at radius 3 is 2.58 bits per heavy atom. The third-order valence-corrected chi connectivity index (χ3v) is 3.93. The summed E-state index contributed by atoms with van der Waals surface area (Å²) in [6.45, 7) is 2.27. The van der Waals surface area contributed by atoms with Crippen molar-refractivity contribution in [2.45, 2.75) is 6.92 Å². The van der Waals surface area contributed by atoms with Crippen LogP contribution in [0.25, 0.3) is 0 Å². The molecule has 0 fully saturated rings. The summed E-state index contributed by atoms with van der Waals surface area (Å²) in [4.78, 5) is 8.54. The first-order chi connectivity index (χ1) is 12.7. The minimum atomic E-state index is 0.249. The molecular weight excluding hydrogens is 332 g/mol. The predicted octanol–water partition coefficient (Wildman–Crippen LogP) is 4.01. The number of nitrogens with one attached hydrogen (secondary N) is 2. The summed E-state index contributed by atoms with van der Waals surface area (Å²) >= 11 is 0. The molecule has 0 saturated heterocycles. The molecule has 0 atom stereocenters. The lowest BCUT2D eigenvalue weighted by molar-refractivity contribution is 0.174. The van der Waals surface area contributed by atoms with Gasteiger partial charge in [0.2, 0.25) is 6.79 Å². The van der Waals surface area contributed by atoms with Crippen molar-refractivity contribution in [2.75, 3.05) is 24.5 Å². The Morgan fingerprint density at radius 2 is 1.73 bits per heavy atom. The molecule has 0 spiro atoms. The zero-order chi connectivity index (χ0) is 17.9. The zero-order valence-corrected chi connectivity index (χ0v) is 14.4. The number of hydrogen-bond donors (Lipinski definition) is 2. The summed E-state index contributed by atoms with van der Waals surface area (Å²) in [6, 6.07) is 13.4. The second kappa shape index (κ2) is 6.79. The third kappa shape index (κ3) is 3.32. The van der Waals surface area contributed by atoms with Crippen LogP contribution in [0.1, 0.15) is 5.56 Å². The molecule has 0 radical (unpaired) electrons. The number of anilines is 4. The molecule has 1 aromatic heterocycles. The number of nitrogens with zero attached hydrogens (tertiary/aromatic N) is 2. The van der Waals surface area contributed by atoms with Crippen LogP contribution in [0.2, 0.25) is 0 Å². The molecule has 2 aromatic carbocycles. The molecule has 2 heterocycles. The molecule has 3 aromatic rings. The van der Waals surface area contributed by atoms with Crippen LogP contribution in [-0.2, 0) is 0 Å². The van der Waals surface area contributed by atoms with E-state index >= 15 is 0 Å². The first-order valence-electron chi connectivity index (χ1n) is 8.12. The van der Waals surface area contributed by atoms with E-state index in [9.17, 15) is 0 Å². The Hall–Kier alpha value is -3.48. The van der Waals surface area contributed by atoms with Gasteiger partial charge in [-0.1, -0.05) is 6.07 Å². The van der Waals surface area contributed by atoms with Crippen molar-refractivity contribution in [1.82, 2.24) is 9.97 Å². The van der Waals surface area contributed by atoms with E-state index in [1.165, 1.54) is 6.33 Å². The van der Waals surface area contributed by atoms with E-state index < -0.39 is 0 Å². The lowest BCUT2D eigenvalue weighted by Gasteiger charge is -2.12. The van der Waals surface area contributed by atoms with E-state index in [0.29, 0.717) is 17.4 Å². The Morgan fingerprint density at radius 1 is 0.923 bits per heavy atom. The SMILES string of the molecule is COc1ccc(C)cc1Nc1cc(Nc2ccc3c(c2)OCO3)ncn1. The number of aromatic nitrogens is 2. The van der Waals surface area contributed by atoms with Crippen LogP contribution in [0.3, 0.4) is 0 Å². The van der Waals surface area contributed by atoms with Gasteiger partial charge in [-0.25, -0.2) is 9.97 Å². The summed E-state index contributed by atoms with van der Waals surface area (Å²) < 4.78 is 16.1. The number of hydrogen-bond acceptors (Lipinski definition) is 7. The minimum Gasteiger partial charge on any atom is -0.495 e. The van der Waals surface area contributed by atoms with E-state index in [1.807, 2.05) is 49.4 Å². The third-order valence-electron chi connectivity index (χ3n) is 3.93. The van der Waals surface area contributed by atoms with Gasteiger partial charge in [-0.15, -0.1) is 0 Å². The lowest BCUT2D eigenvalue weighted by Crippen LogP contribution is -2.00. The highest BCUT2D eigenvalue weighted by Gasteiger charge is 2.13. The summed E-state index contributed by atoms with van der Waals surface area (Å²) in [5.41, 5.74) is 2.83. The van der Waals surface area contributed by atoms with Crippen LogP contribution in [0.5, 0.6) is 17.2 Å². The number of fused-ring (bicyclic) bond motifs is 1. The molecule has 0 unspecified atom stereocenters. The summed E-state index contributed by atoms with van der Waals surface area (Å²) in [6.07, 6.45) is 1.50. The molecule has 2 N–H and O–H groups in total. The molecule has 0 aliphatic carbocycles. The van der Waals surface area contributed by atoms with Gasteiger partial charge < -0.3 is 24.8 Å². The number of benzene rings is 2. The van der Waals surface area contributed by atoms with Gasteiger partial charge in [0.05, 0.1) is 12.8 Å². The molecule has 4 rings (SSSR count). The maximum absolute atomic E-state index is 5.40. The van der Waals surface area contributed by atoms with Crippen LogP contribution in [0.4, 0.5) is 23.0 Å². The number of rotatable bonds is 5. The quantitative estimate of drug-likeness (QED) is 0.720. The molecule has 26 heavy (non-hydrogen) atoms. The number of methoxy groups -OCH3 is 1. The van der Waals surface area contributed by atoms with Crippen molar-refractivity contribution < 1.29 is 14.2 Å². The van der Waals surface area contributed by atoms with Gasteiger partial charge in [-0.2, -0.15) is 0 Å².